The molecule has 0 N–H and O–H groups in total. The van der Waals surface area contributed by atoms with E-state index in [4.69, 9.17) is 0 Å². The van der Waals surface area contributed by atoms with E-state index in [2.05, 4.69) is 53.7 Å². The van der Waals surface area contributed by atoms with Gasteiger partial charge in [-0.05, 0) is 30.7 Å². The summed E-state index contributed by atoms with van der Waals surface area (Å²) in [5, 5.41) is 0. The number of rotatable bonds is 3. The minimum Gasteiger partial charge on any atom is -0.294 e. The van der Waals surface area contributed by atoms with Crippen LogP contribution in [-0.4, -0.2) is 5.78 Å². The Balaban J connectivity index is 2.30. The summed E-state index contributed by atoms with van der Waals surface area (Å²) in [6, 6.07) is 8.03. The average molecular weight is 282 g/mol. The Kier molecular flexibility index (Phi) is 4.22. The molecule has 1 aliphatic rings. The summed E-state index contributed by atoms with van der Waals surface area (Å²) in [5.74, 6) is 0.639. The summed E-state index contributed by atoms with van der Waals surface area (Å²) in [5.41, 5.74) is 5.92. The molecule has 1 nitrogen and oxygen atoms in total. The van der Waals surface area contributed by atoms with Crippen molar-refractivity contribution >= 4 is 5.78 Å². The van der Waals surface area contributed by atoms with E-state index in [-0.39, 0.29) is 11.2 Å². The molecular formula is C20H26O. The third-order valence-corrected chi connectivity index (χ3v) is 4.54. The van der Waals surface area contributed by atoms with Gasteiger partial charge in [0.1, 0.15) is 0 Å². The number of carbonyl (C=O) groups is 1. The molecular weight excluding hydrogens is 256 g/mol. The third-order valence-electron chi connectivity index (χ3n) is 4.54. The monoisotopic (exact) mass is 282 g/mol. The minimum absolute atomic E-state index is 0.00879. The van der Waals surface area contributed by atoms with Crippen LogP contribution in [0.4, 0.5) is 0 Å². The van der Waals surface area contributed by atoms with Crippen LogP contribution in [-0.2, 0) is 5.41 Å². The van der Waals surface area contributed by atoms with Crippen molar-refractivity contribution in [2.75, 3.05) is 0 Å². The maximum absolute atomic E-state index is 12.8. The fraction of sp³-hybridized carbons (Fsp3) is 0.450. The van der Waals surface area contributed by atoms with E-state index in [1.165, 1.54) is 16.7 Å². The van der Waals surface area contributed by atoms with Crippen LogP contribution >= 0.6 is 0 Å². The van der Waals surface area contributed by atoms with Crippen molar-refractivity contribution in [3.8, 4) is 0 Å². The predicted molar refractivity (Wildman–Crippen MR) is 89.7 cm³/mol. The van der Waals surface area contributed by atoms with Crippen molar-refractivity contribution < 1.29 is 4.79 Å². The van der Waals surface area contributed by atoms with Crippen molar-refractivity contribution in [1.82, 2.24) is 0 Å². The third kappa shape index (κ3) is 3.18. The van der Waals surface area contributed by atoms with E-state index in [1.54, 1.807) is 0 Å². The van der Waals surface area contributed by atoms with Gasteiger partial charge in [-0.1, -0.05) is 74.8 Å². The Morgan fingerprint density at radius 3 is 2.29 bits per heavy atom. The summed E-state index contributed by atoms with van der Waals surface area (Å²) < 4.78 is 0. The van der Waals surface area contributed by atoms with E-state index in [0.29, 0.717) is 12.3 Å². The molecule has 21 heavy (non-hydrogen) atoms. The van der Waals surface area contributed by atoms with Crippen molar-refractivity contribution in [3.63, 3.8) is 0 Å². The van der Waals surface area contributed by atoms with Gasteiger partial charge >= 0.3 is 0 Å². The largest absolute Gasteiger partial charge is 0.294 e. The van der Waals surface area contributed by atoms with Crippen LogP contribution in [0.5, 0.6) is 0 Å². The van der Waals surface area contributed by atoms with Gasteiger partial charge in [0.25, 0.3) is 0 Å². The van der Waals surface area contributed by atoms with Crippen molar-refractivity contribution in [2.24, 2.45) is 5.92 Å². The number of Topliss-reactive ketones (excluding diaryl/α,β-unsaturated/α-hetero) is 1. The average Bonchev–Trinajstić information content (AvgIpc) is 2.64. The summed E-state index contributed by atoms with van der Waals surface area (Å²) in [7, 11) is 0. The first kappa shape index (κ1) is 15.8. The highest BCUT2D eigenvalue weighted by atomic mass is 16.1. The van der Waals surface area contributed by atoms with E-state index >= 15 is 0 Å². The van der Waals surface area contributed by atoms with Gasteiger partial charge in [0.2, 0.25) is 0 Å². The van der Waals surface area contributed by atoms with Crippen LogP contribution in [0.3, 0.4) is 0 Å². The number of carbonyl (C=O) groups excluding carboxylic acids is 1. The van der Waals surface area contributed by atoms with Crippen LogP contribution in [0, 0.1) is 5.92 Å². The topological polar surface area (TPSA) is 17.1 Å². The SMILES string of the molecule is CC1=CC(C)=C(CC(=O)c2ccccc2C(C)(C)C)C1C. The van der Waals surface area contributed by atoms with Crippen molar-refractivity contribution in [3.05, 3.63) is 58.2 Å². The summed E-state index contributed by atoms with van der Waals surface area (Å²) in [6.07, 6.45) is 2.75. The zero-order chi connectivity index (χ0) is 15.8. The lowest BCUT2D eigenvalue weighted by atomic mass is 9.81. The smallest absolute Gasteiger partial charge is 0.167 e. The molecule has 0 amide bonds. The van der Waals surface area contributed by atoms with Gasteiger partial charge in [0, 0.05) is 12.0 Å². The number of benzene rings is 1. The Hall–Kier alpha value is -1.63. The molecule has 0 fully saturated rings. The fourth-order valence-electron chi connectivity index (χ4n) is 3.12. The highest BCUT2D eigenvalue weighted by molar-refractivity contribution is 5.99. The molecule has 0 aliphatic heterocycles. The maximum Gasteiger partial charge on any atom is 0.167 e. The lowest BCUT2D eigenvalue weighted by Gasteiger charge is -2.23. The van der Waals surface area contributed by atoms with Crippen LogP contribution < -0.4 is 0 Å². The van der Waals surface area contributed by atoms with Gasteiger partial charge in [0.05, 0.1) is 0 Å². The molecule has 1 heteroatoms. The lowest BCUT2D eigenvalue weighted by Crippen LogP contribution is -2.17. The van der Waals surface area contributed by atoms with Gasteiger partial charge in [-0.3, -0.25) is 4.79 Å². The van der Waals surface area contributed by atoms with Gasteiger partial charge in [-0.15, -0.1) is 0 Å². The molecule has 0 saturated heterocycles. The van der Waals surface area contributed by atoms with Gasteiger partial charge in [0.15, 0.2) is 5.78 Å². The fourth-order valence-corrected chi connectivity index (χ4v) is 3.12. The van der Waals surface area contributed by atoms with Gasteiger partial charge < -0.3 is 0 Å². The van der Waals surface area contributed by atoms with Gasteiger partial charge in [-0.2, -0.15) is 0 Å². The second kappa shape index (κ2) is 5.63. The first-order valence-corrected chi connectivity index (χ1v) is 7.72. The molecule has 0 heterocycles. The molecule has 1 aromatic carbocycles. The first-order chi connectivity index (χ1) is 9.71. The van der Waals surface area contributed by atoms with Crippen molar-refractivity contribution in [2.45, 2.75) is 53.4 Å². The Morgan fingerprint density at radius 1 is 1.14 bits per heavy atom. The van der Waals surface area contributed by atoms with Crippen LogP contribution in [0.15, 0.2) is 47.1 Å². The zero-order valence-corrected chi connectivity index (χ0v) is 14.1. The molecule has 1 atom stereocenters. The van der Waals surface area contributed by atoms with Crippen molar-refractivity contribution in [1.29, 1.82) is 0 Å². The second-order valence-corrected chi connectivity index (χ2v) is 7.21. The van der Waals surface area contributed by atoms with E-state index in [0.717, 1.165) is 11.1 Å². The van der Waals surface area contributed by atoms with Crippen LogP contribution in [0.25, 0.3) is 0 Å². The van der Waals surface area contributed by atoms with Gasteiger partial charge in [-0.25, -0.2) is 0 Å². The first-order valence-electron chi connectivity index (χ1n) is 7.72. The highest BCUT2D eigenvalue weighted by Gasteiger charge is 2.25. The predicted octanol–water partition coefficient (Wildman–Crippen LogP) is 5.47. The molecule has 0 saturated carbocycles. The normalized spacial score (nSPS) is 19.0. The Morgan fingerprint density at radius 2 is 1.76 bits per heavy atom. The number of allylic oxidation sites excluding steroid dienone is 4. The molecule has 0 aromatic heterocycles. The minimum atomic E-state index is -0.00879. The maximum atomic E-state index is 12.8. The summed E-state index contributed by atoms with van der Waals surface area (Å²) in [6.45, 7) is 12.9. The molecule has 0 spiro atoms. The van der Waals surface area contributed by atoms with E-state index in [1.807, 2.05) is 18.2 Å². The summed E-state index contributed by atoms with van der Waals surface area (Å²) in [4.78, 5) is 12.8. The molecule has 112 valence electrons. The Bertz CT molecular complexity index is 623. The zero-order valence-electron chi connectivity index (χ0n) is 14.1. The van der Waals surface area contributed by atoms with Crippen LogP contribution in [0.2, 0.25) is 0 Å². The van der Waals surface area contributed by atoms with E-state index < -0.39 is 0 Å². The quantitative estimate of drug-likeness (QED) is 0.672. The summed E-state index contributed by atoms with van der Waals surface area (Å²) >= 11 is 0. The molecule has 2 rings (SSSR count). The molecule has 0 radical (unpaired) electrons. The lowest BCUT2D eigenvalue weighted by molar-refractivity contribution is 0.0988. The second-order valence-electron chi connectivity index (χ2n) is 7.21. The molecule has 0 bridgehead atoms. The highest BCUT2D eigenvalue weighted by Crippen LogP contribution is 2.35. The van der Waals surface area contributed by atoms with Crippen LogP contribution in [0.1, 0.15) is 63.9 Å². The number of hydrogen-bond acceptors (Lipinski definition) is 1. The number of hydrogen-bond donors (Lipinski definition) is 0. The number of ketones is 1. The van der Waals surface area contributed by atoms with E-state index in [9.17, 15) is 4.79 Å². The molecule has 1 aliphatic carbocycles. The molecule has 1 unspecified atom stereocenters. The molecule has 1 aromatic rings. The Labute approximate surface area is 128 Å². The standard InChI is InChI=1S/C20H26O/c1-13-11-14(2)17(15(13)3)12-19(21)16-9-7-8-10-18(16)20(4,5)6/h7-11,15H,12H2,1-6H3.